The number of rotatable bonds is 6. The second kappa shape index (κ2) is 6.74. The summed E-state index contributed by atoms with van der Waals surface area (Å²) >= 11 is 0. The Bertz CT molecular complexity index is 438. The molecule has 1 heterocycles. The maximum absolute atomic E-state index is 11.6. The number of hydrogen-bond donors (Lipinski definition) is 3. The number of amides is 1. The fourth-order valence-electron chi connectivity index (χ4n) is 1.34. The minimum absolute atomic E-state index is 0.0450. The summed E-state index contributed by atoms with van der Waals surface area (Å²) in [5.74, 6) is -1.34. The van der Waals surface area contributed by atoms with Gasteiger partial charge in [-0.25, -0.2) is 9.48 Å². The zero-order chi connectivity index (χ0) is 14.4. The minimum atomic E-state index is -1.27. The first kappa shape index (κ1) is 15.0. The third-order valence-electron chi connectivity index (χ3n) is 2.35. The summed E-state index contributed by atoms with van der Waals surface area (Å²) in [5.41, 5.74) is 0.0608. The Hall–Kier alpha value is -2.09. The number of aromatic nitrogens is 2. The Kier molecular flexibility index (Phi) is 5.31. The highest BCUT2D eigenvalue weighted by molar-refractivity contribution is 5.92. The fourth-order valence-corrected chi connectivity index (χ4v) is 1.34. The predicted octanol–water partition coefficient (Wildman–Crippen LogP) is -0.830. The maximum atomic E-state index is 11.6. The van der Waals surface area contributed by atoms with Crippen LogP contribution in [0.15, 0.2) is 6.07 Å². The van der Waals surface area contributed by atoms with Gasteiger partial charge < -0.3 is 20.3 Å². The summed E-state index contributed by atoms with van der Waals surface area (Å²) in [6.45, 7) is 1.92. The van der Waals surface area contributed by atoms with Gasteiger partial charge in [0.15, 0.2) is 11.8 Å². The SMILES string of the molecule is CCOC(=O)C(O)CCNC(=O)c1cc(O)n(C)n1. The topological polar surface area (TPSA) is 114 Å². The van der Waals surface area contributed by atoms with E-state index in [1.165, 1.54) is 13.1 Å². The molecule has 19 heavy (non-hydrogen) atoms. The van der Waals surface area contributed by atoms with Crippen LogP contribution in [0.2, 0.25) is 0 Å². The first-order valence-corrected chi connectivity index (χ1v) is 5.81. The number of esters is 1. The van der Waals surface area contributed by atoms with Crippen molar-refractivity contribution in [3.8, 4) is 5.88 Å². The lowest BCUT2D eigenvalue weighted by molar-refractivity contribution is -0.153. The number of nitrogens with zero attached hydrogens (tertiary/aromatic N) is 2. The van der Waals surface area contributed by atoms with Crippen LogP contribution in [-0.4, -0.2) is 51.1 Å². The number of aliphatic hydroxyl groups is 1. The smallest absolute Gasteiger partial charge is 0.335 e. The molecular formula is C11H17N3O5. The van der Waals surface area contributed by atoms with Crippen molar-refractivity contribution >= 4 is 11.9 Å². The van der Waals surface area contributed by atoms with Gasteiger partial charge in [0.2, 0.25) is 5.88 Å². The number of ether oxygens (including phenoxy) is 1. The van der Waals surface area contributed by atoms with Crippen LogP contribution in [-0.2, 0) is 16.6 Å². The molecule has 0 spiro atoms. The summed E-state index contributed by atoms with van der Waals surface area (Å²) in [4.78, 5) is 22.7. The lowest BCUT2D eigenvalue weighted by atomic mass is 10.2. The molecule has 0 radical (unpaired) electrons. The average Bonchev–Trinajstić information content (AvgIpc) is 2.69. The van der Waals surface area contributed by atoms with Crippen molar-refractivity contribution in [1.29, 1.82) is 0 Å². The molecule has 0 fully saturated rings. The number of carbonyl (C=O) groups is 2. The molecule has 0 bridgehead atoms. The van der Waals surface area contributed by atoms with Crippen LogP contribution in [0.1, 0.15) is 23.8 Å². The lowest BCUT2D eigenvalue weighted by Gasteiger charge is -2.09. The Morgan fingerprint density at radius 2 is 2.26 bits per heavy atom. The minimum Gasteiger partial charge on any atom is -0.493 e. The maximum Gasteiger partial charge on any atom is 0.335 e. The summed E-state index contributed by atoms with van der Waals surface area (Å²) in [5, 5.41) is 24.9. The van der Waals surface area contributed by atoms with Crippen molar-refractivity contribution in [2.45, 2.75) is 19.4 Å². The summed E-state index contributed by atoms with van der Waals surface area (Å²) in [6, 6.07) is 1.22. The standard InChI is InChI=1S/C11H17N3O5/c1-3-19-11(18)8(15)4-5-12-10(17)7-6-9(16)14(2)13-7/h6,8,15-16H,3-5H2,1-2H3,(H,12,17). The van der Waals surface area contributed by atoms with E-state index in [4.69, 9.17) is 0 Å². The van der Waals surface area contributed by atoms with E-state index in [2.05, 4.69) is 15.2 Å². The largest absolute Gasteiger partial charge is 0.493 e. The molecule has 0 saturated carbocycles. The summed E-state index contributed by atoms with van der Waals surface area (Å²) in [7, 11) is 1.50. The number of hydrogen-bond acceptors (Lipinski definition) is 6. The van der Waals surface area contributed by atoms with Crippen molar-refractivity contribution in [1.82, 2.24) is 15.1 Å². The average molecular weight is 271 g/mol. The predicted molar refractivity (Wildman–Crippen MR) is 64.5 cm³/mol. The van der Waals surface area contributed by atoms with Gasteiger partial charge in [0.25, 0.3) is 5.91 Å². The Labute approximate surface area is 110 Å². The Morgan fingerprint density at radius 1 is 1.58 bits per heavy atom. The van der Waals surface area contributed by atoms with E-state index in [1.807, 2.05) is 0 Å². The number of aryl methyl sites for hydroxylation is 1. The van der Waals surface area contributed by atoms with E-state index in [-0.39, 0.29) is 31.1 Å². The van der Waals surface area contributed by atoms with Crippen LogP contribution >= 0.6 is 0 Å². The van der Waals surface area contributed by atoms with Crippen LogP contribution in [0.25, 0.3) is 0 Å². The second-order valence-corrected chi connectivity index (χ2v) is 3.82. The van der Waals surface area contributed by atoms with Crippen molar-refractivity contribution in [3.63, 3.8) is 0 Å². The molecule has 0 saturated heterocycles. The van der Waals surface area contributed by atoms with Crippen LogP contribution in [0, 0.1) is 0 Å². The van der Waals surface area contributed by atoms with Crippen molar-refractivity contribution in [2.24, 2.45) is 7.05 Å². The lowest BCUT2D eigenvalue weighted by Crippen LogP contribution is -2.31. The second-order valence-electron chi connectivity index (χ2n) is 3.82. The van der Waals surface area contributed by atoms with E-state index in [9.17, 15) is 19.8 Å². The van der Waals surface area contributed by atoms with Crippen molar-refractivity contribution < 1.29 is 24.5 Å². The molecule has 1 unspecified atom stereocenters. The fraction of sp³-hybridized carbons (Fsp3) is 0.545. The molecule has 0 aliphatic heterocycles. The number of aromatic hydroxyl groups is 1. The Balaban J connectivity index is 2.37. The first-order chi connectivity index (χ1) is 8.95. The van der Waals surface area contributed by atoms with Gasteiger partial charge >= 0.3 is 5.97 Å². The van der Waals surface area contributed by atoms with E-state index in [0.29, 0.717) is 0 Å². The van der Waals surface area contributed by atoms with E-state index >= 15 is 0 Å². The zero-order valence-electron chi connectivity index (χ0n) is 10.8. The van der Waals surface area contributed by atoms with Crippen LogP contribution in [0.4, 0.5) is 0 Å². The molecule has 1 aromatic rings. The number of aliphatic hydroxyl groups excluding tert-OH is 1. The third kappa shape index (κ3) is 4.25. The molecule has 1 rings (SSSR count). The molecule has 8 heteroatoms. The van der Waals surface area contributed by atoms with Gasteiger partial charge in [-0.15, -0.1) is 0 Å². The molecule has 1 amide bonds. The van der Waals surface area contributed by atoms with Gasteiger partial charge in [0, 0.05) is 26.1 Å². The highest BCUT2D eigenvalue weighted by atomic mass is 16.5. The summed E-state index contributed by atoms with van der Waals surface area (Å²) < 4.78 is 5.77. The van der Waals surface area contributed by atoms with E-state index < -0.39 is 18.0 Å². The summed E-state index contributed by atoms with van der Waals surface area (Å²) in [6.07, 6.45) is -1.22. The van der Waals surface area contributed by atoms with E-state index in [0.717, 1.165) is 4.68 Å². The third-order valence-corrected chi connectivity index (χ3v) is 2.35. The van der Waals surface area contributed by atoms with Gasteiger partial charge in [-0.05, 0) is 6.92 Å². The molecule has 1 aromatic heterocycles. The molecule has 8 nitrogen and oxygen atoms in total. The Morgan fingerprint density at radius 3 is 2.79 bits per heavy atom. The highest BCUT2D eigenvalue weighted by Crippen LogP contribution is 2.08. The molecule has 0 aliphatic carbocycles. The van der Waals surface area contributed by atoms with Crippen LogP contribution < -0.4 is 5.32 Å². The van der Waals surface area contributed by atoms with Gasteiger partial charge in [-0.3, -0.25) is 4.79 Å². The zero-order valence-corrected chi connectivity index (χ0v) is 10.8. The van der Waals surface area contributed by atoms with Crippen molar-refractivity contribution in [2.75, 3.05) is 13.2 Å². The van der Waals surface area contributed by atoms with Crippen LogP contribution in [0.5, 0.6) is 5.88 Å². The quantitative estimate of drug-likeness (QED) is 0.582. The van der Waals surface area contributed by atoms with Crippen molar-refractivity contribution in [3.05, 3.63) is 11.8 Å². The normalized spacial score (nSPS) is 11.9. The number of carbonyl (C=O) groups excluding carboxylic acids is 2. The van der Waals surface area contributed by atoms with Gasteiger partial charge in [0.1, 0.15) is 0 Å². The van der Waals surface area contributed by atoms with Gasteiger partial charge in [0.05, 0.1) is 6.61 Å². The first-order valence-electron chi connectivity index (χ1n) is 5.81. The molecule has 0 aromatic carbocycles. The monoisotopic (exact) mass is 271 g/mol. The molecular weight excluding hydrogens is 254 g/mol. The molecule has 106 valence electrons. The number of nitrogens with one attached hydrogen (secondary N) is 1. The molecule has 3 N–H and O–H groups in total. The van der Waals surface area contributed by atoms with E-state index in [1.54, 1.807) is 6.92 Å². The van der Waals surface area contributed by atoms with Gasteiger partial charge in [-0.2, -0.15) is 5.10 Å². The molecule has 1 atom stereocenters. The van der Waals surface area contributed by atoms with Crippen LogP contribution in [0.3, 0.4) is 0 Å². The molecule has 0 aliphatic rings. The van der Waals surface area contributed by atoms with Gasteiger partial charge in [-0.1, -0.05) is 0 Å². The highest BCUT2D eigenvalue weighted by Gasteiger charge is 2.17.